The van der Waals surface area contributed by atoms with Crippen LogP contribution in [-0.2, 0) is 27.7 Å². The third-order valence-electron chi connectivity index (χ3n) is 5.04. The number of rotatable bonds is 5. The Bertz CT molecular complexity index is 921. The molecule has 0 unspecified atom stereocenters. The molecule has 3 heterocycles. The van der Waals surface area contributed by atoms with Crippen LogP contribution < -0.4 is 4.72 Å². The van der Waals surface area contributed by atoms with E-state index in [9.17, 15) is 13.2 Å². The van der Waals surface area contributed by atoms with Crippen molar-refractivity contribution >= 4 is 15.9 Å². The number of carbonyl (C=O) groups excluding carboxylic acids is 1. The van der Waals surface area contributed by atoms with Gasteiger partial charge < -0.3 is 9.64 Å². The number of hydrogen-bond acceptors (Lipinski definition) is 5. The van der Waals surface area contributed by atoms with E-state index in [1.807, 2.05) is 6.07 Å². The molecule has 1 amide bonds. The lowest BCUT2D eigenvalue weighted by molar-refractivity contribution is 0.0728. The standard InChI is InChI=1S/C18H22N4O4S/c23-18(17-5-7-19-21-17)22-8-6-13-3-4-16(10-14(13)12-22)27(24,25)20-11-15-2-1-9-26-15/h3-5,7,10,15,20H,1-2,6,8-9,11-12H2,(H,19,21)/t15-/m1/s1. The minimum atomic E-state index is -3.61. The number of hydrogen-bond donors (Lipinski definition) is 2. The molecule has 1 aromatic heterocycles. The second-order valence-electron chi connectivity index (χ2n) is 6.86. The monoisotopic (exact) mass is 390 g/mol. The largest absolute Gasteiger partial charge is 0.377 e. The van der Waals surface area contributed by atoms with E-state index >= 15 is 0 Å². The van der Waals surface area contributed by atoms with Gasteiger partial charge in [0.05, 0.1) is 11.0 Å². The van der Waals surface area contributed by atoms with Crippen LogP contribution in [0.2, 0.25) is 0 Å². The van der Waals surface area contributed by atoms with Gasteiger partial charge in [0.1, 0.15) is 5.69 Å². The number of aromatic nitrogens is 2. The summed E-state index contributed by atoms with van der Waals surface area (Å²) in [5.74, 6) is -0.136. The molecule has 2 aliphatic rings. The third-order valence-corrected chi connectivity index (χ3v) is 6.46. The predicted octanol–water partition coefficient (Wildman–Crippen LogP) is 1.07. The molecular formula is C18H22N4O4S. The van der Waals surface area contributed by atoms with E-state index in [4.69, 9.17) is 4.74 Å². The highest BCUT2D eigenvalue weighted by molar-refractivity contribution is 7.89. The van der Waals surface area contributed by atoms with E-state index in [0.717, 1.165) is 24.0 Å². The molecule has 1 saturated heterocycles. The van der Waals surface area contributed by atoms with Gasteiger partial charge >= 0.3 is 0 Å². The molecule has 0 spiro atoms. The van der Waals surface area contributed by atoms with Crippen LogP contribution in [0.3, 0.4) is 0 Å². The fourth-order valence-corrected chi connectivity index (χ4v) is 4.63. The van der Waals surface area contributed by atoms with Crippen LogP contribution in [0.25, 0.3) is 0 Å². The number of aromatic amines is 1. The molecule has 0 saturated carbocycles. The van der Waals surface area contributed by atoms with Crippen molar-refractivity contribution in [3.8, 4) is 0 Å². The average molecular weight is 390 g/mol. The van der Waals surface area contributed by atoms with Crippen molar-refractivity contribution in [2.45, 2.75) is 36.8 Å². The molecule has 0 bridgehead atoms. The summed E-state index contributed by atoms with van der Waals surface area (Å²) in [6, 6.07) is 6.77. The normalized spacial score (nSPS) is 19.9. The van der Waals surface area contributed by atoms with E-state index in [-0.39, 0.29) is 23.5 Å². The second-order valence-corrected chi connectivity index (χ2v) is 8.63. The molecule has 144 valence electrons. The Kier molecular flexibility index (Phi) is 4.98. The molecule has 1 atom stereocenters. The minimum absolute atomic E-state index is 0.0556. The van der Waals surface area contributed by atoms with Gasteiger partial charge in [-0.3, -0.25) is 9.89 Å². The van der Waals surface area contributed by atoms with Gasteiger partial charge in [-0.2, -0.15) is 5.10 Å². The molecule has 2 aliphatic heterocycles. The first-order chi connectivity index (χ1) is 13.0. The molecule has 8 nitrogen and oxygen atoms in total. The molecule has 0 aliphatic carbocycles. The van der Waals surface area contributed by atoms with Crippen LogP contribution in [0, 0.1) is 0 Å². The van der Waals surface area contributed by atoms with Gasteiger partial charge in [-0.15, -0.1) is 0 Å². The molecular weight excluding hydrogens is 368 g/mol. The van der Waals surface area contributed by atoms with Gasteiger partial charge in [-0.05, 0) is 48.6 Å². The Hall–Kier alpha value is -2.23. The number of benzene rings is 1. The summed E-state index contributed by atoms with van der Waals surface area (Å²) in [4.78, 5) is 14.4. The maximum atomic E-state index is 12.6. The van der Waals surface area contributed by atoms with E-state index in [2.05, 4.69) is 14.9 Å². The van der Waals surface area contributed by atoms with E-state index in [0.29, 0.717) is 31.8 Å². The lowest BCUT2D eigenvalue weighted by Gasteiger charge is -2.28. The zero-order valence-electron chi connectivity index (χ0n) is 14.8. The zero-order chi connectivity index (χ0) is 18.9. The average Bonchev–Trinajstić information content (AvgIpc) is 3.38. The van der Waals surface area contributed by atoms with Crippen molar-refractivity contribution in [1.82, 2.24) is 19.8 Å². The number of ether oxygens (including phenoxy) is 1. The van der Waals surface area contributed by atoms with Crippen molar-refractivity contribution in [1.29, 1.82) is 0 Å². The van der Waals surface area contributed by atoms with Gasteiger partial charge in [-0.25, -0.2) is 13.1 Å². The van der Waals surface area contributed by atoms with E-state index in [1.54, 1.807) is 23.1 Å². The molecule has 9 heteroatoms. The van der Waals surface area contributed by atoms with Crippen LogP contribution in [0.1, 0.15) is 34.5 Å². The Labute approximate surface area is 158 Å². The fourth-order valence-electron chi connectivity index (χ4n) is 3.51. The minimum Gasteiger partial charge on any atom is -0.377 e. The van der Waals surface area contributed by atoms with Crippen molar-refractivity contribution in [2.75, 3.05) is 19.7 Å². The molecule has 1 fully saturated rings. The van der Waals surface area contributed by atoms with Gasteiger partial charge in [0, 0.05) is 32.4 Å². The summed E-state index contributed by atoms with van der Waals surface area (Å²) in [5, 5.41) is 6.49. The van der Waals surface area contributed by atoms with Gasteiger partial charge in [-0.1, -0.05) is 6.07 Å². The quantitative estimate of drug-likeness (QED) is 0.795. The summed E-state index contributed by atoms with van der Waals surface area (Å²) in [6.07, 6.45) is 4.01. The van der Waals surface area contributed by atoms with Crippen molar-refractivity contribution in [3.63, 3.8) is 0 Å². The molecule has 4 rings (SSSR count). The van der Waals surface area contributed by atoms with Gasteiger partial charge in [0.2, 0.25) is 10.0 Å². The molecule has 2 N–H and O–H groups in total. The summed E-state index contributed by atoms with van der Waals surface area (Å²) in [5.41, 5.74) is 2.36. The van der Waals surface area contributed by atoms with Crippen LogP contribution in [-0.4, -0.2) is 55.2 Å². The van der Waals surface area contributed by atoms with Gasteiger partial charge in [0.25, 0.3) is 5.91 Å². The van der Waals surface area contributed by atoms with Crippen molar-refractivity contribution in [3.05, 3.63) is 47.3 Å². The van der Waals surface area contributed by atoms with E-state index < -0.39 is 10.0 Å². The smallest absolute Gasteiger partial charge is 0.272 e. The Morgan fingerprint density at radius 1 is 1.33 bits per heavy atom. The summed E-state index contributed by atoms with van der Waals surface area (Å²) in [7, 11) is -3.61. The SMILES string of the molecule is O=C(c1ccn[nH]1)N1CCc2ccc(S(=O)(=O)NC[C@H]3CCCO3)cc2C1. The Balaban J connectivity index is 1.49. The molecule has 2 aromatic rings. The Morgan fingerprint density at radius 2 is 2.22 bits per heavy atom. The van der Waals surface area contributed by atoms with Crippen LogP contribution in [0.5, 0.6) is 0 Å². The fraction of sp³-hybridized carbons (Fsp3) is 0.444. The number of amides is 1. The van der Waals surface area contributed by atoms with Crippen molar-refractivity contribution < 1.29 is 17.9 Å². The number of fused-ring (bicyclic) bond motifs is 1. The third kappa shape index (κ3) is 3.90. The first kappa shape index (κ1) is 18.1. The number of carbonyl (C=O) groups is 1. The number of sulfonamides is 1. The number of nitrogens with zero attached hydrogens (tertiary/aromatic N) is 2. The number of H-pyrrole nitrogens is 1. The number of nitrogens with one attached hydrogen (secondary N) is 2. The topological polar surface area (TPSA) is 104 Å². The highest BCUT2D eigenvalue weighted by Gasteiger charge is 2.25. The molecule has 1 aromatic carbocycles. The summed E-state index contributed by atoms with van der Waals surface area (Å²) < 4.78 is 33.3. The first-order valence-corrected chi connectivity index (χ1v) is 10.5. The maximum Gasteiger partial charge on any atom is 0.272 e. The van der Waals surface area contributed by atoms with Gasteiger partial charge in [0.15, 0.2) is 0 Å². The molecule has 0 radical (unpaired) electrons. The summed E-state index contributed by atoms with van der Waals surface area (Å²) in [6.45, 7) is 1.94. The first-order valence-electron chi connectivity index (χ1n) is 9.05. The van der Waals surface area contributed by atoms with E-state index in [1.165, 1.54) is 6.20 Å². The molecule has 27 heavy (non-hydrogen) atoms. The predicted molar refractivity (Wildman–Crippen MR) is 97.6 cm³/mol. The highest BCUT2D eigenvalue weighted by atomic mass is 32.2. The summed E-state index contributed by atoms with van der Waals surface area (Å²) >= 11 is 0. The maximum absolute atomic E-state index is 12.6. The van der Waals surface area contributed by atoms with Crippen LogP contribution in [0.4, 0.5) is 0 Å². The highest BCUT2D eigenvalue weighted by Crippen LogP contribution is 2.24. The lowest BCUT2D eigenvalue weighted by atomic mass is 9.99. The van der Waals surface area contributed by atoms with Crippen molar-refractivity contribution in [2.24, 2.45) is 0 Å². The van der Waals surface area contributed by atoms with Crippen LogP contribution in [0.15, 0.2) is 35.4 Å². The Morgan fingerprint density at radius 3 is 2.96 bits per heavy atom. The van der Waals surface area contributed by atoms with Crippen LogP contribution >= 0.6 is 0 Å². The second kappa shape index (κ2) is 7.41. The lowest BCUT2D eigenvalue weighted by Crippen LogP contribution is -2.36. The zero-order valence-corrected chi connectivity index (χ0v) is 15.7.